The second-order valence-corrected chi connectivity index (χ2v) is 5.56. The Kier molecular flexibility index (Phi) is 13.1. The number of hydrogen-bond acceptors (Lipinski definition) is 1. The van der Waals surface area contributed by atoms with Gasteiger partial charge in [-0.2, -0.15) is 0 Å². The highest BCUT2D eigenvalue weighted by molar-refractivity contribution is 5.75. The number of carbonyl (C=O) groups is 1. The van der Waals surface area contributed by atoms with Crippen molar-refractivity contribution in [1.82, 2.24) is 4.90 Å². The van der Waals surface area contributed by atoms with Gasteiger partial charge in [-0.05, 0) is 25.7 Å². The fourth-order valence-electron chi connectivity index (χ4n) is 2.03. The van der Waals surface area contributed by atoms with E-state index in [1.165, 1.54) is 57.8 Å². The quantitative estimate of drug-likeness (QED) is 0.362. The van der Waals surface area contributed by atoms with E-state index in [0.717, 1.165) is 6.42 Å². The van der Waals surface area contributed by atoms with Gasteiger partial charge in [0.1, 0.15) is 0 Å². The summed E-state index contributed by atoms with van der Waals surface area (Å²) in [5, 5.41) is 0. The number of rotatable bonds is 12. The zero-order valence-corrected chi connectivity index (χ0v) is 13.3. The maximum Gasteiger partial charge on any atom is 0.222 e. The topological polar surface area (TPSA) is 20.3 Å². The van der Waals surface area contributed by atoms with E-state index >= 15 is 0 Å². The predicted octanol–water partition coefficient (Wildman–Crippen LogP) is 4.94. The fourth-order valence-corrected chi connectivity index (χ4v) is 2.03. The molecule has 0 spiro atoms. The van der Waals surface area contributed by atoms with Crippen LogP contribution in [0.25, 0.3) is 0 Å². The summed E-state index contributed by atoms with van der Waals surface area (Å²) in [5.41, 5.74) is 0. The molecule has 2 nitrogen and oxygen atoms in total. The van der Waals surface area contributed by atoms with Crippen molar-refractivity contribution in [2.24, 2.45) is 0 Å². The molecule has 0 saturated heterocycles. The maximum atomic E-state index is 11.3. The second-order valence-electron chi connectivity index (χ2n) is 5.56. The summed E-state index contributed by atoms with van der Waals surface area (Å²) in [6, 6.07) is 0. The standard InChI is InChI=1S/C17H33NO/c1-4-5-6-7-8-9-10-11-12-13-14-15-16-17(19)18(2)3/h7-8H,4-6,9-16H2,1-3H3/b8-7+. The number of unbranched alkanes of at least 4 members (excludes halogenated alkanes) is 8. The lowest BCUT2D eigenvalue weighted by atomic mass is 10.1. The lowest BCUT2D eigenvalue weighted by molar-refractivity contribution is -0.128. The highest BCUT2D eigenvalue weighted by Gasteiger charge is 2.02. The first-order valence-electron chi connectivity index (χ1n) is 8.03. The molecule has 0 rings (SSSR count). The molecule has 0 unspecified atom stereocenters. The molecular formula is C17H33NO. The van der Waals surface area contributed by atoms with E-state index in [-0.39, 0.29) is 5.91 Å². The van der Waals surface area contributed by atoms with Gasteiger partial charge in [0.2, 0.25) is 5.91 Å². The molecule has 0 radical (unpaired) electrons. The third-order valence-corrected chi connectivity index (χ3v) is 3.40. The molecule has 0 bridgehead atoms. The van der Waals surface area contributed by atoms with Crippen molar-refractivity contribution in [2.75, 3.05) is 14.1 Å². The van der Waals surface area contributed by atoms with Crippen LogP contribution in [0.4, 0.5) is 0 Å². The Labute approximate surface area is 120 Å². The van der Waals surface area contributed by atoms with Gasteiger partial charge in [0.15, 0.2) is 0 Å². The largest absolute Gasteiger partial charge is 0.349 e. The fraction of sp³-hybridized carbons (Fsp3) is 0.824. The van der Waals surface area contributed by atoms with Crippen LogP contribution in [0.15, 0.2) is 12.2 Å². The molecule has 0 aromatic rings. The molecule has 0 heterocycles. The van der Waals surface area contributed by atoms with Crippen molar-refractivity contribution in [3.8, 4) is 0 Å². The molecule has 0 atom stereocenters. The van der Waals surface area contributed by atoms with Crippen LogP contribution in [-0.4, -0.2) is 24.9 Å². The van der Waals surface area contributed by atoms with Crippen LogP contribution in [-0.2, 0) is 4.79 Å². The molecule has 0 saturated carbocycles. The molecule has 0 aliphatic heterocycles. The van der Waals surface area contributed by atoms with Crippen molar-refractivity contribution in [3.05, 3.63) is 12.2 Å². The Hall–Kier alpha value is -0.790. The van der Waals surface area contributed by atoms with Crippen LogP contribution in [0.3, 0.4) is 0 Å². The van der Waals surface area contributed by atoms with Crippen molar-refractivity contribution in [2.45, 2.75) is 77.6 Å². The number of amides is 1. The van der Waals surface area contributed by atoms with E-state index in [1.54, 1.807) is 4.90 Å². The van der Waals surface area contributed by atoms with Gasteiger partial charge in [-0.3, -0.25) is 4.79 Å². The van der Waals surface area contributed by atoms with E-state index < -0.39 is 0 Å². The summed E-state index contributed by atoms with van der Waals surface area (Å²) in [7, 11) is 3.66. The zero-order chi connectivity index (χ0) is 14.3. The smallest absolute Gasteiger partial charge is 0.222 e. The normalized spacial score (nSPS) is 11.1. The highest BCUT2D eigenvalue weighted by Crippen LogP contribution is 2.09. The van der Waals surface area contributed by atoms with Crippen molar-refractivity contribution in [3.63, 3.8) is 0 Å². The van der Waals surface area contributed by atoms with Crippen molar-refractivity contribution in [1.29, 1.82) is 0 Å². The summed E-state index contributed by atoms with van der Waals surface area (Å²) in [4.78, 5) is 13.0. The maximum absolute atomic E-state index is 11.3. The van der Waals surface area contributed by atoms with E-state index in [9.17, 15) is 4.79 Å². The first-order valence-corrected chi connectivity index (χ1v) is 8.03. The monoisotopic (exact) mass is 267 g/mol. The third-order valence-electron chi connectivity index (χ3n) is 3.40. The molecule has 2 heteroatoms. The lowest BCUT2D eigenvalue weighted by Gasteiger charge is -2.09. The van der Waals surface area contributed by atoms with Gasteiger partial charge in [-0.25, -0.2) is 0 Å². The van der Waals surface area contributed by atoms with E-state index in [4.69, 9.17) is 0 Å². The summed E-state index contributed by atoms with van der Waals surface area (Å²) >= 11 is 0. The van der Waals surface area contributed by atoms with Gasteiger partial charge in [0.05, 0.1) is 0 Å². The Bertz CT molecular complexity index is 233. The van der Waals surface area contributed by atoms with Crippen LogP contribution in [0.5, 0.6) is 0 Å². The van der Waals surface area contributed by atoms with Crippen molar-refractivity contribution < 1.29 is 4.79 Å². The average molecular weight is 267 g/mol. The minimum absolute atomic E-state index is 0.261. The zero-order valence-electron chi connectivity index (χ0n) is 13.3. The first-order chi connectivity index (χ1) is 9.18. The van der Waals surface area contributed by atoms with Gasteiger partial charge in [0.25, 0.3) is 0 Å². The summed E-state index contributed by atoms with van der Waals surface area (Å²) in [5.74, 6) is 0.261. The third kappa shape index (κ3) is 13.4. The van der Waals surface area contributed by atoms with E-state index in [2.05, 4.69) is 19.1 Å². The van der Waals surface area contributed by atoms with Gasteiger partial charge in [-0.1, -0.05) is 57.6 Å². The summed E-state index contributed by atoms with van der Waals surface area (Å²) in [6.07, 6.45) is 18.0. The summed E-state index contributed by atoms with van der Waals surface area (Å²) in [6.45, 7) is 2.24. The molecule has 0 aliphatic carbocycles. The molecule has 0 fully saturated rings. The van der Waals surface area contributed by atoms with E-state index in [1.807, 2.05) is 14.1 Å². The van der Waals surface area contributed by atoms with Gasteiger partial charge < -0.3 is 4.90 Å². The van der Waals surface area contributed by atoms with Crippen LogP contribution >= 0.6 is 0 Å². The molecule has 1 amide bonds. The Morgan fingerprint density at radius 2 is 1.37 bits per heavy atom. The van der Waals surface area contributed by atoms with Gasteiger partial charge in [0, 0.05) is 20.5 Å². The highest BCUT2D eigenvalue weighted by atomic mass is 16.2. The minimum atomic E-state index is 0.261. The Morgan fingerprint density at radius 1 is 0.842 bits per heavy atom. The van der Waals surface area contributed by atoms with E-state index in [0.29, 0.717) is 6.42 Å². The number of carbonyl (C=O) groups excluding carboxylic acids is 1. The molecule has 112 valence electrons. The summed E-state index contributed by atoms with van der Waals surface area (Å²) < 4.78 is 0. The lowest BCUT2D eigenvalue weighted by Crippen LogP contribution is -2.20. The van der Waals surface area contributed by atoms with Crippen LogP contribution in [0, 0.1) is 0 Å². The second kappa shape index (κ2) is 13.6. The number of hydrogen-bond donors (Lipinski definition) is 0. The Balaban J connectivity index is 3.15. The molecule has 19 heavy (non-hydrogen) atoms. The molecule has 0 aromatic heterocycles. The minimum Gasteiger partial charge on any atom is -0.349 e. The average Bonchev–Trinajstić information content (AvgIpc) is 2.39. The van der Waals surface area contributed by atoms with Crippen LogP contribution in [0.1, 0.15) is 77.6 Å². The Morgan fingerprint density at radius 3 is 1.95 bits per heavy atom. The number of allylic oxidation sites excluding steroid dienone is 2. The number of nitrogens with zero attached hydrogens (tertiary/aromatic N) is 1. The SMILES string of the molecule is CCCC/C=C/CCCCCCCCC(=O)N(C)C. The first kappa shape index (κ1) is 18.2. The molecular weight excluding hydrogens is 234 g/mol. The molecule has 0 N–H and O–H groups in total. The van der Waals surface area contributed by atoms with Crippen LogP contribution in [0.2, 0.25) is 0 Å². The van der Waals surface area contributed by atoms with Gasteiger partial charge >= 0.3 is 0 Å². The molecule has 0 aromatic carbocycles. The predicted molar refractivity (Wildman–Crippen MR) is 84.3 cm³/mol. The van der Waals surface area contributed by atoms with Crippen molar-refractivity contribution >= 4 is 5.91 Å². The van der Waals surface area contributed by atoms with Crippen LogP contribution < -0.4 is 0 Å². The van der Waals surface area contributed by atoms with Gasteiger partial charge in [-0.15, -0.1) is 0 Å². The molecule has 0 aliphatic rings.